The number of hydrogen-bond acceptors (Lipinski definition) is 4. The number of aromatic nitrogens is 5. The van der Waals surface area contributed by atoms with Crippen molar-refractivity contribution in [2.45, 2.75) is 25.3 Å². The molecule has 144 valence electrons. The van der Waals surface area contributed by atoms with Gasteiger partial charge in [-0.15, -0.1) is 0 Å². The summed E-state index contributed by atoms with van der Waals surface area (Å²) in [6.07, 6.45) is 6.13. The molecule has 0 aliphatic heterocycles. The molecule has 4 aromatic rings. The lowest BCUT2D eigenvalue weighted by molar-refractivity contribution is 0.689. The monoisotopic (exact) mass is 400 g/mol. The van der Waals surface area contributed by atoms with Crippen LogP contribution in [-0.2, 0) is 6.54 Å². The summed E-state index contributed by atoms with van der Waals surface area (Å²) in [4.78, 5) is 0. The Balaban J connectivity index is 1.52. The highest BCUT2D eigenvalue weighted by Crippen LogP contribution is 2.38. The van der Waals surface area contributed by atoms with Gasteiger partial charge in [-0.2, -0.15) is 20.0 Å². The molecule has 1 aliphatic rings. The fourth-order valence-corrected chi connectivity index (χ4v) is 3.53. The average molecular weight is 401 g/mol. The van der Waals surface area contributed by atoms with E-state index < -0.39 is 0 Å². The molecule has 7 heteroatoms. The summed E-state index contributed by atoms with van der Waals surface area (Å²) < 4.78 is 4.20. The zero-order valence-corrected chi connectivity index (χ0v) is 16.6. The van der Waals surface area contributed by atoms with Crippen LogP contribution in [0.1, 0.15) is 35.7 Å². The molecule has 6 nitrogen and oxygen atoms in total. The Hall–Kier alpha value is -3.32. The van der Waals surface area contributed by atoms with Gasteiger partial charge in [0, 0.05) is 23.2 Å². The molecule has 2 aromatic heterocycles. The molecule has 0 spiro atoms. The van der Waals surface area contributed by atoms with Crippen LogP contribution in [0.2, 0.25) is 0 Å². The highest BCUT2D eigenvalue weighted by Gasteiger charge is 2.29. The summed E-state index contributed by atoms with van der Waals surface area (Å²) in [6, 6.07) is 20.5. The molecular formula is C22H20N6S. The van der Waals surface area contributed by atoms with Crippen molar-refractivity contribution in [3.8, 4) is 11.3 Å². The van der Waals surface area contributed by atoms with Crippen molar-refractivity contribution in [1.82, 2.24) is 24.7 Å². The van der Waals surface area contributed by atoms with Gasteiger partial charge in [0.15, 0.2) is 5.82 Å². The fraction of sp³-hybridized carbons (Fsp3) is 0.182. The molecule has 0 radical (unpaired) electrons. The molecule has 0 bridgehead atoms. The maximum atomic E-state index is 5.36. The van der Waals surface area contributed by atoms with Crippen molar-refractivity contribution in [2.24, 2.45) is 5.10 Å². The minimum atomic E-state index is 0.453. The van der Waals surface area contributed by atoms with Crippen LogP contribution >= 0.6 is 12.2 Å². The summed E-state index contributed by atoms with van der Waals surface area (Å²) in [5, 5.41) is 16.7. The SMILES string of the molecule is S=c1[nH]nc(C2CC2)n1/N=C\c1cn(Cc2ccccc2)nc1-c1ccccc1. The van der Waals surface area contributed by atoms with Gasteiger partial charge in [0.1, 0.15) is 5.69 Å². The summed E-state index contributed by atoms with van der Waals surface area (Å²) in [5.41, 5.74) is 4.09. The van der Waals surface area contributed by atoms with E-state index in [1.807, 2.05) is 53.5 Å². The number of H-pyrrole nitrogens is 1. The van der Waals surface area contributed by atoms with E-state index in [1.54, 1.807) is 4.68 Å². The molecule has 5 rings (SSSR count). The second-order valence-electron chi connectivity index (χ2n) is 7.20. The van der Waals surface area contributed by atoms with Gasteiger partial charge < -0.3 is 0 Å². The number of nitrogens with zero attached hydrogens (tertiary/aromatic N) is 5. The van der Waals surface area contributed by atoms with Gasteiger partial charge >= 0.3 is 0 Å². The largest absolute Gasteiger partial charge is 0.267 e. The third-order valence-corrected chi connectivity index (χ3v) is 5.22. The smallest absolute Gasteiger partial charge is 0.216 e. The molecule has 29 heavy (non-hydrogen) atoms. The second kappa shape index (κ2) is 7.60. The topological polar surface area (TPSA) is 63.8 Å². The van der Waals surface area contributed by atoms with E-state index in [1.165, 1.54) is 5.56 Å². The number of rotatable bonds is 6. The minimum absolute atomic E-state index is 0.453. The first-order chi connectivity index (χ1) is 14.3. The molecule has 0 atom stereocenters. The van der Waals surface area contributed by atoms with Gasteiger partial charge in [-0.25, -0.2) is 0 Å². The van der Waals surface area contributed by atoms with Gasteiger partial charge in [0.25, 0.3) is 0 Å². The first kappa shape index (κ1) is 17.8. The van der Waals surface area contributed by atoms with Gasteiger partial charge in [0.2, 0.25) is 4.77 Å². The second-order valence-corrected chi connectivity index (χ2v) is 7.59. The Morgan fingerprint density at radius 2 is 1.79 bits per heavy atom. The van der Waals surface area contributed by atoms with E-state index in [9.17, 15) is 0 Å². The maximum absolute atomic E-state index is 5.36. The predicted octanol–water partition coefficient (Wildman–Crippen LogP) is 4.61. The molecule has 0 unspecified atom stereocenters. The van der Waals surface area contributed by atoms with Crippen molar-refractivity contribution in [3.05, 3.63) is 88.6 Å². The normalized spacial score (nSPS) is 13.9. The molecule has 1 fully saturated rings. The zero-order chi connectivity index (χ0) is 19.6. The van der Waals surface area contributed by atoms with Gasteiger partial charge in [-0.1, -0.05) is 60.7 Å². The Kier molecular flexibility index (Phi) is 4.65. The van der Waals surface area contributed by atoms with Crippen LogP contribution in [0, 0.1) is 4.77 Å². The fourth-order valence-electron chi connectivity index (χ4n) is 3.34. The van der Waals surface area contributed by atoms with Gasteiger partial charge in [0.05, 0.1) is 12.8 Å². The summed E-state index contributed by atoms with van der Waals surface area (Å²) in [5.74, 6) is 1.36. The van der Waals surface area contributed by atoms with Crippen LogP contribution in [0.5, 0.6) is 0 Å². The third-order valence-electron chi connectivity index (χ3n) is 4.95. The van der Waals surface area contributed by atoms with Crippen LogP contribution in [-0.4, -0.2) is 30.9 Å². The van der Waals surface area contributed by atoms with Crippen LogP contribution in [0.15, 0.2) is 72.0 Å². The van der Waals surface area contributed by atoms with E-state index in [4.69, 9.17) is 17.3 Å². The number of benzene rings is 2. The quantitative estimate of drug-likeness (QED) is 0.380. The first-order valence-corrected chi connectivity index (χ1v) is 10.1. The van der Waals surface area contributed by atoms with E-state index in [0.29, 0.717) is 17.2 Å². The van der Waals surface area contributed by atoms with E-state index in [0.717, 1.165) is 35.5 Å². The zero-order valence-electron chi connectivity index (χ0n) is 15.8. The van der Waals surface area contributed by atoms with Crippen LogP contribution in [0.25, 0.3) is 11.3 Å². The molecule has 1 N–H and O–H groups in total. The summed E-state index contributed by atoms with van der Waals surface area (Å²) in [7, 11) is 0. The molecule has 0 amide bonds. The molecule has 2 aromatic carbocycles. The van der Waals surface area contributed by atoms with E-state index in [-0.39, 0.29) is 0 Å². The summed E-state index contributed by atoms with van der Waals surface area (Å²) >= 11 is 5.36. The van der Waals surface area contributed by atoms with Gasteiger partial charge in [-0.05, 0) is 30.6 Å². The van der Waals surface area contributed by atoms with E-state index in [2.05, 4.69) is 39.6 Å². The lowest BCUT2D eigenvalue weighted by Gasteiger charge is -2.01. The molecule has 1 saturated carbocycles. The van der Waals surface area contributed by atoms with Crippen molar-refractivity contribution in [3.63, 3.8) is 0 Å². The van der Waals surface area contributed by atoms with Gasteiger partial charge in [-0.3, -0.25) is 9.78 Å². The number of hydrogen-bond donors (Lipinski definition) is 1. The van der Waals surface area contributed by atoms with Crippen molar-refractivity contribution < 1.29 is 0 Å². The molecule has 0 saturated heterocycles. The third kappa shape index (κ3) is 3.82. The molecular weight excluding hydrogens is 380 g/mol. The molecule has 2 heterocycles. The summed E-state index contributed by atoms with van der Waals surface area (Å²) in [6.45, 7) is 0.701. The van der Waals surface area contributed by atoms with Crippen LogP contribution in [0.4, 0.5) is 0 Å². The van der Waals surface area contributed by atoms with Crippen molar-refractivity contribution in [1.29, 1.82) is 0 Å². The lowest BCUT2D eigenvalue weighted by atomic mass is 10.1. The Morgan fingerprint density at radius 3 is 2.52 bits per heavy atom. The highest BCUT2D eigenvalue weighted by molar-refractivity contribution is 7.71. The molecule has 1 aliphatic carbocycles. The van der Waals surface area contributed by atoms with Crippen molar-refractivity contribution in [2.75, 3.05) is 0 Å². The first-order valence-electron chi connectivity index (χ1n) is 9.66. The highest BCUT2D eigenvalue weighted by atomic mass is 32.1. The maximum Gasteiger partial charge on any atom is 0.216 e. The Bertz CT molecular complexity index is 1200. The standard InChI is InChI=1S/C22H20N6S/c29-22-25-24-21(18-11-12-18)28(22)23-13-19-15-27(14-16-7-3-1-4-8-16)26-20(19)17-9-5-2-6-10-17/h1-10,13,15,18H,11-12,14H2,(H,25,29)/b23-13-. The lowest BCUT2D eigenvalue weighted by Crippen LogP contribution is -2.00. The van der Waals surface area contributed by atoms with E-state index >= 15 is 0 Å². The van der Waals surface area contributed by atoms with Crippen molar-refractivity contribution >= 4 is 18.4 Å². The number of aromatic amines is 1. The Morgan fingerprint density at radius 1 is 1.07 bits per heavy atom. The average Bonchev–Trinajstić information content (AvgIpc) is 3.42. The Labute approximate surface area is 173 Å². The predicted molar refractivity (Wildman–Crippen MR) is 116 cm³/mol. The van der Waals surface area contributed by atoms with Crippen LogP contribution in [0.3, 0.4) is 0 Å². The number of nitrogens with one attached hydrogen (secondary N) is 1. The minimum Gasteiger partial charge on any atom is -0.267 e. The van der Waals surface area contributed by atoms with Crippen LogP contribution < -0.4 is 0 Å².